The van der Waals surface area contributed by atoms with E-state index in [-0.39, 0.29) is 23.9 Å². The van der Waals surface area contributed by atoms with Crippen LogP contribution < -0.4 is 5.32 Å². The Bertz CT molecular complexity index is 1000. The summed E-state index contributed by atoms with van der Waals surface area (Å²) in [5.41, 5.74) is -0.0418. The number of rotatable bonds is 4. The molecule has 0 saturated carbocycles. The maximum absolute atomic E-state index is 13.6. The number of aromatic nitrogens is 3. The number of halogens is 3. The van der Waals surface area contributed by atoms with Gasteiger partial charge in [0.25, 0.3) is 0 Å². The van der Waals surface area contributed by atoms with E-state index in [2.05, 4.69) is 15.4 Å². The Kier molecular flexibility index (Phi) is 5.63. The summed E-state index contributed by atoms with van der Waals surface area (Å²) in [6.07, 6.45) is -2.86. The van der Waals surface area contributed by atoms with E-state index >= 15 is 0 Å². The minimum absolute atomic E-state index is 0.0260. The van der Waals surface area contributed by atoms with Gasteiger partial charge in [0, 0.05) is 31.4 Å². The number of nitrogens with one attached hydrogen (secondary N) is 1. The van der Waals surface area contributed by atoms with Gasteiger partial charge in [-0.15, -0.1) is 0 Å². The number of carbonyl (C=O) groups is 2. The van der Waals surface area contributed by atoms with E-state index in [0.717, 1.165) is 17.0 Å². The lowest BCUT2D eigenvalue weighted by molar-refractivity contribution is -0.142. The highest BCUT2D eigenvalue weighted by molar-refractivity contribution is 5.89. The Morgan fingerprint density at radius 2 is 2.06 bits per heavy atom. The first-order valence-corrected chi connectivity index (χ1v) is 10.4. The first-order chi connectivity index (χ1) is 14.7. The van der Waals surface area contributed by atoms with E-state index in [1.54, 1.807) is 18.9 Å². The number of aryl methyl sites for hydroxylation is 1. The van der Waals surface area contributed by atoms with Gasteiger partial charge in [0.15, 0.2) is 5.65 Å². The van der Waals surface area contributed by atoms with Gasteiger partial charge in [0.2, 0.25) is 11.8 Å². The Morgan fingerprint density at radius 1 is 1.29 bits per heavy atom. The molecule has 2 aromatic heterocycles. The molecule has 1 N–H and O–H groups in total. The topological polar surface area (TPSA) is 82.8 Å². The van der Waals surface area contributed by atoms with E-state index in [1.165, 1.54) is 6.07 Å². The van der Waals surface area contributed by atoms with Crippen LogP contribution in [0.2, 0.25) is 0 Å². The van der Waals surface area contributed by atoms with Gasteiger partial charge < -0.3 is 10.2 Å². The molecule has 2 amide bonds. The van der Waals surface area contributed by atoms with Crippen molar-refractivity contribution in [2.75, 3.05) is 26.7 Å². The molecule has 2 aromatic rings. The summed E-state index contributed by atoms with van der Waals surface area (Å²) < 4.78 is 41.5. The van der Waals surface area contributed by atoms with E-state index in [9.17, 15) is 22.8 Å². The molecule has 0 bridgehead atoms. The van der Waals surface area contributed by atoms with Gasteiger partial charge in [0.1, 0.15) is 5.69 Å². The zero-order chi connectivity index (χ0) is 22.3. The summed E-state index contributed by atoms with van der Waals surface area (Å²) in [4.78, 5) is 32.9. The number of hydrogen-bond donors (Lipinski definition) is 1. The number of fused-ring (bicyclic) bond motifs is 1. The largest absolute Gasteiger partial charge is 0.433 e. The number of likely N-dealkylation sites (tertiary alicyclic amines) is 1. The average Bonchev–Trinajstić information content (AvgIpc) is 3.35. The van der Waals surface area contributed by atoms with E-state index in [0.29, 0.717) is 43.9 Å². The van der Waals surface area contributed by atoms with Crippen LogP contribution in [0.15, 0.2) is 12.1 Å². The number of nitrogens with zero attached hydrogens (tertiary/aromatic N) is 5. The first kappa shape index (κ1) is 21.5. The molecule has 2 fully saturated rings. The van der Waals surface area contributed by atoms with Crippen molar-refractivity contribution in [2.24, 2.45) is 0 Å². The third-order valence-electron chi connectivity index (χ3n) is 6.03. The molecule has 2 saturated heterocycles. The summed E-state index contributed by atoms with van der Waals surface area (Å²) >= 11 is 0. The predicted octanol–water partition coefficient (Wildman–Crippen LogP) is 1.79. The molecule has 0 aromatic carbocycles. The van der Waals surface area contributed by atoms with Crippen LogP contribution in [0.5, 0.6) is 0 Å². The molecule has 2 aliphatic heterocycles. The average molecular weight is 438 g/mol. The molecule has 168 valence electrons. The second-order valence-corrected chi connectivity index (χ2v) is 8.06. The maximum Gasteiger partial charge on any atom is 0.433 e. The smallest absolute Gasteiger partial charge is 0.353 e. The van der Waals surface area contributed by atoms with Gasteiger partial charge in [-0.2, -0.15) is 18.3 Å². The van der Waals surface area contributed by atoms with Gasteiger partial charge in [-0.1, -0.05) is 6.92 Å². The van der Waals surface area contributed by atoms with E-state index in [1.807, 2.05) is 4.90 Å². The zero-order valence-electron chi connectivity index (χ0n) is 17.4. The predicted molar refractivity (Wildman–Crippen MR) is 105 cm³/mol. The second kappa shape index (κ2) is 8.10. The van der Waals surface area contributed by atoms with Gasteiger partial charge in [-0.05, 0) is 32.4 Å². The third-order valence-corrected chi connectivity index (χ3v) is 6.03. The van der Waals surface area contributed by atoms with Crippen LogP contribution in [0.25, 0.3) is 5.65 Å². The molecular weight excluding hydrogens is 413 g/mol. The van der Waals surface area contributed by atoms with Crippen LogP contribution >= 0.6 is 0 Å². The normalized spacial score (nSPS) is 22.9. The maximum atomic E-state index is 13.6. The van der Waals surface area contributed by atoms with Crippen molar-refractivity contribution >= 4 is 17.5 Å². The number of amides is 2. The quantitative estimate of drug-likeness (QED) is 0.787. The van der Waals surface area contributed by atoms with E-state index < -0.39 is 24.0 Å². The van der Waals surface area contributed by atoms with Gasteiger partial charge in [-0.3, -0.25) is 14.5 Å². The fourth-order valence-electron chi connectivity index (χ4n) is 4.32. The lowest BCUT2D eigenvalue weighted by atomic mass is 10.1. The summed E-state index contributed by atoms with van der Waals surface area (Å²) in [6.45, 7) is 3.42. The van der Waals surface area contributed by atoms with Crippen molar-refractivity contribution in [3.05, 3.63) is 29.2 Å². The lowest BCUT2D eigenvalue weighted by Crippen LogP contribution is -2.55. The highest BCUT2D eigenvalue weighted by Gasteiger charge is 2.38. The molecule has 11 heteroatoms. The van der Waals surface area contributed by atoms with Crippen molar-refractivity contribution in [3.8, 4) is 0 Å². The fraction of sp³-hybridized carbons (Fsp3) is 0.600. The standard InChI is InChI=1S/C20H25F3N6O2/c1-3-12-9-16(20(21,22)23)29-17(25-12)10-13(26-29)14-5-4-7-28(14)18(30)11-15-19(31)24-6-8-27(15)2/h9-10,14-15H,3-8,11H2,1-2H3,(H,24,31)/t14-,15-/m1/s1. The third kappa shape index (κ3) is 4.10. The number of hydrogen-bond acceptors (Lipinski definition) is 5. The summed E-state index contributed by atoms with van der Waals surface area (Å²) in [5.74, 6) is -0.386. The van der Waals surface area contributed by atoms with Crippen LogP contribution in [0.3, 0.4) is 0 Å². The van der Waals surface area contributed by atoms with Crippen molar-refractivity contribution < 1.29 is 22.8 Å². The van der Waals surface area contributed by atoms with Crippen LogP contribution in [0.4, 0.5) is 13.2 Å². The van der Waals surface area contributed by atoms with Crippen LogP contribution in [0.1, 0.15) is 49.3 Å². The second-order valence-electron chi connectivity index (χ2n) is 8.06. The molecule has 0 spiro atoms. The Labute approximate surface area is 177 Å². The summed E-state index contributed by atoms with van der Waals surface area (Å²) in [6, 6.07) is 1.56. The zero-order valence-corrected chi connectivity index (χ0v) is 17.4. The molecule has 0 unspecified atom stereocenters. The highest BCUT2D eigenvalue weighted by atomic mass is 19.4. The molecule has 0 radical (unpaired) electrons. The molecular formula is C20H25F3N6O2. The Balaban J connectivity index is 1.62. The molecule has 2 aliphatic rings. The first-order valence-electron chi connectivity index (χ1n) is 10.4. The molecule has 8 nitrogen and oxygen atoms in total. The van der Waals surface area contributed by atoms with Crippen molar-refractivity contribution in [1.29, 1.82) is 0 Å². The monoisotopic (exact) mass is 438 g/mol. The van der Waals surface area contributed by atoms with Crippen molar-refractivity contribution in [2.45, 2.75) is 50.9 Å². The molecule has 31 heavy (non-hydrogen) atoms. The number of likely N-dealkylation sites (N-methyl/N-ethyl adjacent to an activating group) is 1. The van der Waals surface area contributed by atoms with Crippen LogP contribution in [0, 0.1) is 0 Å². The molecule has 0 aliphatic carbocycles. The van der Waals surface area contributed by atoms with Crippen LogP contribution in [-0.4, -0.2) is 68.9 Å². The Morgan fingerprint density at radius 3 is 2.74 bits per heavy atom. The van der Waals surface area contributed by atoms with Gasteiger partial charge in [-0.25, -0.2) is 9.50 Å². The summed E-state index contributed by atoms with van der Waals surface area (Å²) in [7, 11) is 1.80. The molecule has 4 rings (SSSR count). The lowest BCUT2D eigenvalue weighted by Gasteiger charge is -2.33. The fourth-order valence-corrected chi connectivity index (χ4v) is 4.32. The van der Waals surface area contributed by atoms with Gasteiger partial charge >= 0.3 is 6.18 Å². The molecule has 4 heterocycles. The summed E-state index contributed by atoms with van der Waals surface area (Å²) in [5, 5.41) is 6.96. The minimum Gasteiger partial charge on any atom is -0.353 e. The number of alkyl halides is 3. The minimum atomic E-state index is -4.57. The van der Waals surface area contributed by atoms with Crippen molar-refractivity contribution in [1.82, 2.24) is 29.7 Å². The van der Waals surface area contributed by atoms with Gasteiger partial charge in [0.05, 0.1) is 24.2 Å². The van der Waals surface area contributed by atoms with E-state index in [4.69, 9.17) is 0 Å². The number of carbonyl (C=O) groups excluding carboxylic acids is 2. The highest BCUT2D eigenvalue weighted by Crippen LogP contribution is 2.35. The Hall–Kier alpha value is -2.69. The SMILES string of the molecule is CCc1cc(C(F)(F)F)n2nc([C@H]3CCCN3C(=O)C[C@@H]3C(=O)NCCN3C)cc2n1. The number of piperazine rings is 1. The molecule has 2 atom stereocenters. The van der Waals surface area contributed by atoms with Crippen molar-refractivity contribution in [3.63, 3.8) is 0 Å². The van der Waals surface area contributed by atoms with Crippen LogP contribution in [-0.2, 0) is 22.2 Å².